The predicted octanol–water partition coefficient (Wildman–Crippen LogP) is 1.34. The Hall–Kier alpha value is -1.13. The zero-order valence-electron chi connectivity index (χ0n) is 10.4. The van der Waals surface area contributed by atoms with Crippen LogP contribution in [0.5, 0.6) is 0 Å². The van der Waals surface area contributed by atoms with E-state index in [9.17, 15) is 10.2 Å². The molecular formula is C13H20N2O2. The highest BCUT2D eigenvalue weighted by molar-refractivity contribution is 5.40. The molecule has 4 nitrogen and oxygen atoms in total. The molecule has 0 amide bonds. The smallest absolute Gasteiger partial charge is 0.128 e. The average molecular weight is 236 g/mol. The number of β-amino-alcohol motifs (C(OH)–C–C–N with tert-alkyl or cyclic N) is 1. The van der Waals surface area contributed by atoms with Gasteiger partial charge in [-0.1, -0.05) is 13.0 Å². The lowest BCUT2D eigenvalue weighted by Crippen LogP contribution is -2.43. The van der Waals surface area contributed by atoms with Gasteiger partial charge in [-0.15, -0.1) is 0 Å². The normalized spacial score (nSPS) is 26.9. The van der Waals surface area contributed by atoms with Gasteiger partial charge in [0.15, 0.2) is 0 Å². The average Bonchev–Trinajstić information content (AvgIpc) is 2.33. The van der Waals surface area contributed by atoms with Crippen LogP contribution in [0.4, 0.5) is 5.82 Å². The third-order valence-electron chi connectivity index (χ3n) is 3.50. The van der Waals surface area contributed by atoms with Crippen molar-refractivity contribution in [3.05, 3.63) is 23.9 Å². The molecule has 1 aromatic heterocycles. The lowest BCUT2D eigenvalue weighted by atomic mass is 9.96. The molecule has 3 unspecified atom stereocenters. The maximum Gasteiger partial charge on any atom is 0.128 e. The first-order valence-electron chi connectivity index (χ1n) is 6.15. The van der Waals surface area contributed by atoms with E-state index in [0.29, 0.717) is 12.5 Å². The fourth-order valence-electron chi connectivity index (χ4n) is 2.09. The minimum absolute atomic E-state index is 0.276. The summed E-state index contributed by atoms with van der Waals surface area (Å²) >= 11 is 0. The molecule has 0 radical (unpaired) electrons. The van der Waals surface area contributed by atoms with E-state index in [1.807, 2.05) is 12.1 Å². The summed E-state index contributed by atoms with van der Waals surface area (Å²) in [4.78, 5) is 6.43. The van der Waals surface area contributed by atoms with E-state index in [1.165, 1.54) is 0 Å². The quantitative estimate of drug-likeness (QED) is 0.813. The van der Waals surface area contributed by atoms with E-state index < -0.39 is 6.10 Å². The summed E-state index contributed by atoms with van der Waals surface area (Å²) in [6, 6.07) is 3.79. The van der Waals surface area contributed by atoms with Crippen LogP contribution in [0.2, 0.25) is 0 Å². The van der Waals surface area contributed by atoms with Gasteiger partial charge < -0.3 is 15.1 Å². The third-order valence-corrected chi connectivity index (χ3v) is 3.50. The van der Waals surface area contributed by atoms with Gasteiger partial charge in [-0.05, 0) is 30.9 Å². The van der Waals surface area contributed by atoms with Gasteiger partial charge in [-0.2, -0.15) is 0 Å². The summed E-state index contributed by atoms with van der Waals surface area (Å²) in [6.07, 6.45) is 1.93. The molecule has 0 aliphatic carbocycles. The van der Waals surface area contributed by atoms with Gasteiger partial charge in [-0.25, -0.2) is 4.98 Å². The monoisotopic (exact) mass is 236 g/mol. The number of aromatic nitrogens is 1. The van der Waals surface area contributed by atoms with Crippen LogP contribution in [-0.4, -0.2) is 34.4 Å². The maximum absolute atomic E-state index is 9.84. The molecular weight excluding hydrogens is 216 g/mol. The molecule has 2 heterocycles. The molecule has 1 aromatic rings. The molecule has 0 spiro atoms. The number of hydrogen-bond acceptors (Lipinski definition) is 4. The molecule has 0 aromatic carbocycles. The van der Waals surface area contributed by atoms with E-state index in [-0.39, 0.29) is 6.10 Å². The fraction of sp³-hybridized carbons (Fsp3) is 0.615. The van der Waals surface area contributed by atoms with Crippen LogP contribution in [-0.2, 0) is 0 Å². The van der Waals surface area contributed by atoms with E-state index in [2.05, 4.69) is 16.8 Å². The highest BCUT2D eigenvalue weighted by Crippen LogP contribution is 2.22. The number of piperidine rings is 1. The molecule has 4 heteroatoms. The predicted molar refractivity (Wildman–Crippen MR) is 66.9 cm³/mol. The second kappa shape index (κ2) is 5.02. The molecule has 0 bridgehead atoms. The standard InChI is InChI=1S/C13H20N2O2/c1-9-5-6-15(8-12(9)17)13-4-3-11(7-14-13)10(2)16/h3-4,7,9-10,12,16-17H,5-6,8H2,1-2H3. The van der Waals surface area contributed by atoms with Crippen molar-refractivity contribution in [2.75, 3.05) is 18.0 Å². The lowest BCUT2D eigenvalue weighted by Gasteiger charge is -2.35. The summed E-state index contributed by atoms with van der Waals surface area (Å²) in [6.45, 7) is 5.37. The number of pyridine rings is 1. The first kappa shape index (κ1) is 12.3. The van der Waals surface area contributed by atoms with Gasteiger partial charge in [0.25, 0.3) is 0 Å². The van der Waals surface area contributed by atoms with Gasteiger partial charge in [0, 0.05) is 19.3 Å². The minimum atomic E-state index is -0.483. The number of hydrogen-bond donors (Lipinski definition) is 2. The summed E-state index contributed by atoms with van der Waals surface area (Å²) in [5, 5.41) is 19.3. The molecule has 1 aliphatic rings. The van der Waals surface area contributed by atoms with Gasteiger partial charge in [0.1, 0.15) is 5.82 Å². The highest BCUT2D eigenvalue weighted by atomic mass is 16.3. The lowest BCUT2D eigenvalue weighted by molar-refractivity contribution is 0.102. The summed E-state index contributed by atoms with van der Waals surface area (Å²) < 4.78 is 0. The van der Waals surface area contributed by atoms with Crippen LogP contribution in [0.3, 0.4) is 0 Å². The molecule has 1 saturated heterocycles. The third kappa shape index (κ3) is 2.76. The minimum Gasteiger partial charge on any atom is -0.391 e. The Kier molecular flexibility index (Phi) is 3.64. The Morgan fingerprint density at radius 1 is 1.47 bits per heavy atom. The molecule has 0 saturated carbocycles. The second-order valence-electron chi connectivity index (χ2n) is 4.91. The Labute approximate surface area is 102 Å². The Morgan fingerprint density at radius 2 is 2.24 bits per heavy atom. The van der Waals surface area contributed by atoms with Gasteiger partial charge >= 0.3 is 0 Å². The molecule has 3 atom stereocenters. The van der Waals surface area contributed by atoms with Crippen molar-refractivity contribution in [2.45, 2.75) is 32.5 Å². The largest absolute Gasteiger partial charge is 0.391 e. The van der Waals surface area contributed by atoms with E-state index in [1.54, 1.807) is 13.1 Å². The van der Waals surface area contributed by atoms with Gasteiger partial charge in [-0.3, -0.25) is 0 Å². The van der Waals surface area contributed by atoms with E-state index >= 15 is 0 Å². The highest BCUT2D eigenvalue weighted by Gasteiger charge is 2.24. The molecule has 1 aliphatic heterocycles. The van der Waals surface area contributed by atoms with Crippen molar-refractivity contribution in [1.82, 2.24) is 4.98 Å². The van der Waals surface area contributed by atoms with Crippen molar-refractivity contribution >= 4 is 5.82 Å². The van der Waals surface area contributed by atoms with Gasteiger partial charge in [0.05, 0.1) is 12.2 Å². The van der Waals surface area contributed by atoms with Crippen LogP contribution in [0, 0.1) is 5.92 Å². The van der Waals surface area contributed by atoms with Crippen LogP contribution in [0.1, 0.15) is 31.9 Å². The zero-order valence-corrected chi connectivity index (χ0v) is 10.4. The molecule has 2 rings (SSSR count). The van der Waals surface area contributed by atoms with Crippen molar-refractivity contribution in [3.63, 3.8) is 0 Å². The van der Waals surface area contributed by atoms with E-state index in [4.69, 9.17) is 0 Å². The summed E-state index contributed by atoms with van der Waals surface area (Å²) in [7, 11) is 0. The Bertz CT molecular complexity index is 364. The molecule has 1 fully saturated rings. The van der Waals surface area contributed by atoms with Crippen LogP contribution >= 0.6 is 0 Å². The van der Waals surface area contributed by atoms with E-state index in [0.717, 1.165) is 24.3 Å². The molecule has 94 valence electrons. The van der Waals surface area contributed by atoms with Crippen LogP contribution in [0.15, 0.2) is 18.3 Å². The number of aliphatic hydroxyl groups is 2. The Balaban J connectivity index is 2.07. The second-order valence-corrected chi connectivity index (χ2v) is 4.91. The first-order chi connectivity index (χ1) is 8.08. The van der Waals surface area contributed by atoms with Crippen LogP contribution in [0.25, 0.3) is 0 Å². The van der Waals surface area contributed by atoms with Crippen molar-refractivity contribution in [3.8, 4) is 0 Å². The number of anilines is 1. The fourth-order valence-corrected chi connectivity index (χ4v) is 2.09. The SMILES string of the molecule is CC(O)c1ccc(N2CCC(C)C(O)C2)nc1. The van der Waals surface area contributed by atoms with Crippen LogP contribution < -0.4 is 4.90 Å². The first-order valence-corrected chi connectivity index (χ1v) is 6.15. The van der Waals surface area contributed by atoms with Crippen molar-refractivity contribution in [2.24, 2.45) is 5.92 Å². The number of aliphatic hydroxyl groups excluding tert-OH is 2. The molecule has 17 heavy (non-hydrogen) atoms. The molecule has 2 N–H and O–H groups in total. The summed E-state index contributed by atoms with van der Waals surface area (Å²) in [5.74, 6) is 1.24. The topological polar surface area (TPSA) is 56.6 Å². The van der Waals surface area contributed by atoms with Crippen molar-refractivity contribution in [1.29, 1.82) is 0 Å². The van der Waals surface area contributed by atoms with Gasteiger partial charge in [0.2, 0.25) is 0 Å². The number of rotatable bonds is 2. The number of nitrogens with zero attached hydrogens (tertiary/aromatic N) is 2. The Morgan fingerprint density at radius 3 is 2.76 bits per heavy atom. The zero-order chi connectivity index (χ0) is 12.4. The summed E-state index contributed by atoms with van der Waals surface area (Å²) in [5.41, 5.74) is 0.819. The maximum atomic E-state index is 9.84. The van der Waals surface area contributed by atoms with Crippen molar-refractivity contribution < 1.29 is 10.2 Å².